The average Bonchev–Trinajstić information content (AvgIpc) is 3.25. The lowest BCUT2D eigenvalue weighted by Crippen LogP contribution is -2.21. The minimum Gasteiger partial charge on any atom is -0.497 e. The van der Waals surface area contributed by atoms with Gasteiger partial charge < -0.3 is 20.3 Å². The third kappa shape index (κ3) is 4.43. The average molecular weight is 397 g/mol. The molecule has 2 N–H and O–H groups in total. The molecule has 3 aromatic rings. The molecule has 0 aliphatic carbocycles. The minimum absolute atomic E-state index is 0.482. The number of ether oxygens (including phenoxy) is 1. The molecule has 8 heteroatoms. The van der Waals surface area contributed by atoms with E-state index in [4.69, 9.17) is 16.3 Å². The van der Waals surface area contributed by atoms with Crippen LogP contribution in [0, 0.1) is 0 Å². The second-order valence-corrected chi connectivity index (χ2v) is 6.90. The Kier molecular flexibility index (Phi) is 5.43. The summed E-state index contributed by atoms with van der Waals surface area (Å²) in [5.74, 6) is 2.43. The molecule has 1 fully saturated rings. The van der Waals surface area contributed by atoms with Gasteiger partial charge in [-0.3, -0.25) is 0 Å². The zero-order valence-electron chi connectivity index (χ0n) is 15.5. The Balaban J connectivity index is 1.61. The Morgan fingerprint density at radius 1 is 0.821 bits per heavy atom. The summed E-state index contributed by atoms with van der Waals surface area (Å²) < 4.78 is 5.20. The van der Waals surface area contributed by atoms with E-state index in [2.05, 4.69) is 30.5 Å². The minimum atomic E-state index is 0.482. The molecule has 0 radical (unpaired) electrons. The van der Waals surface area contributed by atoms with Crippen molar-refractivity contribution in [1.29, 1.82) is 0 Å². The van der Waals surface area contributed by atoms with Gasteiger partial charge in [-0.15, -0.1) is 0 Å². The highest BCUT2D eigenvalue weighted by atomic mass is 35.5. The molecule has 0 saturated carbocycles. The van der Waals surface area contributed by atoms with Crippen LogP contribution in [0.25, 0.3) is 0 Å². The number of anilines is 5. The topological polar surface area (TPSA) is 75.2 Å². The van der Waals surface area contributed by atoms with Crippen LogP contribution in [-0.4, -0.2) is 35.2 Å². The molecule has 0 bridgehead atoms. The number of nitrogens with zero attached hydrogens (tertiary/aromatic N) is 4. The highest BCUT2D eigenvalue weighted by molar-refractivity contribution is 6.30. The third-order valence-corrected chi connectivity index (χ3v) is 4.71. The molecule has 28 heavy (non-hydrogen) atoms. The van der Waals surface area contributed by atoms with Gasteiger partial charge in [0.1, 0.15) is 5.75 Å². The van der Waals surface area contributed by atoms with Gasteiger partial charge in [0.15, 0.2) is 0 Å². The van der Waals surface area contributed by atoms with Gasteiger partial charge in [-0.2, -0.15) is 15.0 Å². The maximum Gasteiger partial charge on any atom is 0.233 e. The van der Waals surface area contributed by atoms with E-state index in [0.717, 1.165) is 43.1 Å². The lowest BCUT2D eigenvalue weighted by atomic mass is 10.3. The van der Waals surface area contributed by atoms with E-state index < -0.39 is 0 Å². The van der Waals surface area contributed by atoms with Gasteiger partial charge in [0.05, 0.1) is 7.11 Å². The molecule has 0 spiro atoms. The van der Waals surface area contributed by atoms with E-state index in [1.807, 2.05) is 48.5 Å². The molecule has 1 aromatic heterocycles. The normalized spacial score (nSPS) is 13.4. The summed E-state index contributed by atoms with van der Waals surface area (Å²) >= 11 is 5.97. The van der Waals surface area contributed by atoms with Crippen molar-refractivity contribution in [2.45, 2.75) is 12.8 Å². The second kappa shape index (κ2) is 8.31. The molecule has 2 aromatic carbocycles. The maximum absolute atomic E-state index is 5.97. The number of hydrogen-bond donors (Lipinski definition) is 2. The van der Waals surface area contributed by atoms with Crippen LogP contribution in [0.2, 0.25) is 5.02 Å². The quantitative estimate of drug-likeness (QED) is 0.629. The summed E-state index contributed by atoms with van der Waals surface area (Å²) in [7, 11) is 1.64. The van der Waals surface area contributed by atoms with Crippen molar-refractivity contribution in [2.75, 3.05) is 35.7 Å². The first-order chi connectivity index (χ1) is 13.7. The van der Waals surface area contributed by atoms with Gasteiger partial charge >= 0.3 is 0 Å². The maximum atomic E-state index is 5.97. The van der Waals surface area contributed by atoms with Crippen molar-refractivity contribution in [1.82, 2.24) is 15.0 Å². The lowest BCUT2D eigenvalue weighted by Gasteiger charge is -2.17. The van der Waals surface area contributed by atoms with E-state index in [1.165, 1.54) is 0 Å². The summed E-state index contributed by atoms with van der Waals surface area (Å²) in [6, 6.07) is 15.0. The van der Waals surface area contributed by atoms with Gasteiger partial charge in [-0.05, 0) is 61.4 Å². The molecular formula is C20H21ClN6O. The van der Waals surface area contributed by atoms with Gasteiger partial charge in [0.2, 0.25) is 17.8 Å². The fourth-order valence-electron chi connectivity index (χ4n) is 3.00. The Morgan fingerprint density at radius 2 is 1.36 bits per heavy atom. The second-order valence-electron chi connectivity index (χ2n) is 6.46. The summed E-state index contributed by atoms with van der Waals surface area (Å²) in [5, 5.41) is 7.16. The lowest BCUT2D eigenvalue weighted by molar-refractivity contribution is 0.415. The number of rotatable bonds is 6. The monoisotopic (exact) mass is 396 g/mol. The van der Waals surface area contributed by atoms with Gasteiger partial charge in [-0.25, -0.2) is 0 Å². The highest BCUT2D eigenvalue weighted by Crippen LogP contribution is 2.24. The molecule has 0 amide bonds. The van der Waals surface area contributed by atoms with Crippen LogP contribution < -0.4 is 20.3 Å². The van der Waals surface area contributed by atoms with Crippen LogP contribution in [-0.2, 0) is 0 Å². The molecule has 0 atom stereocenters. The Morgan fingerprint density at radius 3 is 1.89 bits per heavy atom. The van der Waals surface area contributed by atoms with Crippen molar-refractivity contribution >= 4 is 40.8 Å². The number of benzene rings is 2. The van der Waals surface area contributed by atoms with E-state index in [1.54, 1.807) is 7.11 Å². The molecule has 144 valence electrons. The number of halogens is 1. The van der Waals surface area contributed by atoms with Crippen LogP contribution in [0.1, 0.15) is 12.8 Å². The predicted octanol–water partition coefficient (Wildman–Crippen LogP) is 4.62. The summed E-state index contributed by atoms with van der Waals surface area (Å²) in [4.78, 5) is 15.9. The van der Waals surface area contributed by atoms with E-state index in [0.29, 0.717) is 22.9 Å². The Labute approximate surface area is 168 Å². The smallest absolute Gasteiger partial charge is 0.233 e. The molecule has 7 nitrogen and oxygen atoms in total. The third-order valence-electron chi connectivity index (χ3n) is 4.46. The Bertz CT molecular complexity index is 926. The molecule has 1 aliphatic rings. The van der Waals surface area contributed by atoms with Crippen molar-refractivity contribution < 1.29 is 4.74 Å². The highest BCUT2D eigenvalue weighted by Gasteiger charge is 2.17. The first-order valence-electron chi connectivity index (χ1n) is 9.14. The summed E-state index contributed by atoms with van der Waals surface area (Å²) in [5.41, 5.74) is 1.73. The van der Waals surface area contributed by atoms with Gasteiger partial charge in [-0.1, -0.05) is 11.6 Å². The van der Waals surface area contributed by atoms with E-state index in [-0.39, 0.29) is 0 Å². The standard InChI is InChI=1S/C20H21ClN6O/c1-28-17-10-8-16(9-11-17)23-19-24-18(22-15-6-4-14(21)5-7-15)25-20(26-19)27-12-2-3-13-27/h4-11H,2-3,12-13H2,1H3,(H2,22,23,24,25,26). The first-order valence-corrected chi connectivity index (χ1v) is 9.52. The SMILES string of the molecule is COc1ccc(Nc2nc(Nc3ccc(Cl)cc3)nc(N3CCCC3)n2)cc1. The zero-order chi connectivity index (χ0) is 19.3. The number of aromatic nitrogens is 3. The van der Waals surface area contributed by atoms with Crippen molar-refractivity contribution in [3.05, 3.63) is 53.6 Å². The predicted molar refractivity (Wildman–Crippen MR) is 112 cm³/mol. The molecule has 0 unspecified atom stereocenters. The first kappa shape index (κ1) is 18.3. The molecule has 4 rings (SSSR count). The van der Waals surface area contributed by atoms with Gasteiger partial charge in [0, 0.05) is 29.5 Å². The molecule has 1 aliphatic heterocycles. The van der Waals surface area contributed by atoms with Crippen molar-refractivity contribution in [3.8, 4) is 5.75 Å². The fourth-order valence-corrected chi connectivity index (χ4v) is 3.13. The van der Waals surface area contributed by atoms with Crippen molar-refractivity contribution in [3.63, 3.8) is 0 Å². The van der Waals surface area contributed by atoms with Crippen LogP contribution >= 0.6 is 11.6 Å². The summed E-state index contributed by atoms with van der Waals surface area (Å²) in [6.07, 6.45) is 2.29. The fraction of sp³-hybridized carbons (Fsp3) is 0.250. The van der Waals surface area contributed by atoms with Gasteiger partial charge in [0.25, 0.3) is 0 Å². The summed E-state index contributed by atoms with van der Waals surface area (Å²) in [6.45, 7) is 1.90. The largest absolute Gasteiger partial charge is 0.497 e. The molecular weight excluding hydrogens is 376 g/mol. The van der Waals surface area contributed by atoms with E-state index >= 15 is 0 Å². The molecule has 1 saturated heterocycles. The Hall–Kier alpha value is -3.06. The van der Waals surface area contributed by atoms with E-state index in [9.17, 15) is 0 Å². The number of methoxy groups -OCH3 is 1. The zero-order valence-corrected chi connectivity index (χ0v) is 16.3. The van der Waals surface area contributed by atoms with Crippen LogP contribution in [0.15, 0.2) is 48.5 Å². The van der Waals surface area contributed by atoms with Crippen LogP contribution in [0.4, 0.5) is 29.2 Å². The van der Waals surface area contributed by atoms with Crippen molar-refractivity contribution in [2.24, 2.45) is 0 Å². The number of hydrogen-bond acceptors (Lipinski definition) is 7. The number of nitrogens with one attached hydrogen (secondary N) is 2. The molecule has 2 heterocycles. The van der Waals surface area contributed by atoms with Crippen LogP contribution in [0.5, 0.6) is 5.75 Å². The van der Waals surface area contributed by atoms with Crippen LogP contribution in [0.3, 0.4) is 0 Å².